The van der Waals surface area contributed by atoms with Gasteiger partial charge in [-0.1, -0.05) is 6.07 Å². The first kappa shape index (κ1) is 14.4. The largest absolute Gasteiger partial charge is 0.486 e. The van der Waals surface area contributed by atoms with Crippen LogP contribution in [0.2, 0.25) is 0 Å². The predicted octanol–water partition coefficient (Wildman–Crippen LogP) is 1.39. The second-order valence-corrected chi connectivity index (χ2v) is 6.65. The van der Waals surface area contributed by atoms with Gasteiger partial charge in [0.2, 0.25) is 15.7 Å². The maximum absolute atomic E-state index is 12.6. The van der Waals surface area contributed by atoms with Gasteiger partial charge in [0.15, 0.2) is 11.5 Å². The van der Waals surface area contributed by atoms with Gasteiger partial charge in [0.25, 0.3) is 0 Å². The molecule has 1 heterocycles. The van der Waals surface area contributed by atoms with Crippen LogP contribution in [0.25, 0.3) is 0 Å². The van der Waals surface area contributed by atoms with Crippen molar-refractivity contribution in [2.75, 3.05) is 13.2 Å². The number of ether oxygens (including phenoxy) is 2. The van der Waals surface area contributed by atoms with Crippen LogP contribution in [-0.2, 0) is 9.84 Å². The molecule has 0 aromatic heterocycles. The number of carbonyl (C=O) groups is 1. The average molecular weight is 319 g/mol. The molecule has 2 N–H and O–H groups in total. The Morgan fingerprint density at radius 3 is 2.36 bits per heavy atom. The van der Waals surface area contributed by atoms with E-state index in [1.165, 1.54) is 36.4 Å². The molecule has 2 aromatic rings. The van der Waals surface area contributed by atoms with Crippen molar-refractivity contribution in [2.24, 2.45) is 5.73 Å². The molecule has 1 aliphatic heterocycles. The van der Waals surface area contributed by atoms with E-state index in [-0.39, 0.29) is 15.4 Å². The predicted molar refractivity (Wildman–Crippen MR) is 77.8 cm³/mol. The van der Waals surface area contributed by atoms with Gasteiger partial charge in [0, 0.05) is 11.6 Å². The Hall–Kier alpha value is -2.54. The van der Waals surface area contributed by atoms with Crippen molar-refractivity contribution in [3.05, 3.63) is 48.0 Å². The van der Waals surface area contributed by atoms with Crippen LogP contribution in [0.5, 0.6) is 11.5 Å². The summed E-state index contributed by atoms with van der Waals surface area (Å²) in [5.74, 6) is 0.216. The first-order chi connectivity index (χ1) is 10.5. The first-order valence-electron chi connectivity index (χ1n) is 6.53. The van der Waals surface area contributed by atoms with Crippen LogP contribution in [0.15, 0.2) is 52.3 Å². The minimum Gasteiger partial charge on any atom is -0.486 e. The molecule has 0 radical (unpaired) electrons. The lowest BCUT2D eigenvalue weighted by molar-refractivity contribution is 0.1000. The van der Waals surface area contributed by atoms with E-state index in [2.05, 4.69) is 0 Å². The van der Waals surface area contributed by atoms with Crippen molar-refractivity contribution in [2.45, 2.75) is 9.79 Å². The van der Waals surface area contributed by atoms with Gasteiger partial charge < -0.3 is 15.2 Å². The molecule has 0 spiro atoms. The molecule has 0 fully saturated rings. The number of primary amides is 1. The summed E-state index contributed by atoms with van der Waals surface area (Å²) in [5.41, 5.74) is 5.32. The molecule has 0 bridgehead atoms. The summed E-state index contributed by atoms with van der Waals surface area (Å²) in [4.78, 5) is 11.3. The first-order valence-corrected chi connectivity index (χ1v) is 8.01. The van der Waals surface area contributed by atoms with E-state index in [4.69, 9.17) is 15.2 Å². The Kier molecular flexibility index (Phi) is 3.50. The van der Waals surface area contributed by atoms with E-state index in [9.17, 15) is 13.2 Å². The minimum absolute atomic E-state index is 0.000442. The smallest absolute Gasteiger partial charge is 0.248 e. The maximum Gasteiger partial charge on any atom is 0.248 e. The van der Waals surface area contributed by atoms with E-state index < -0.39 is 15.7 Å². The molecule has 1 aliphatic rings. The number of sulfone groups is 1. The number of amides is 1. The zero-order chi connectivity index (χ0) is 15.7. The van der Waals surface area contributed by atoms with Crippen LogP contribution in [-0.4, -0.2) is 27.5 Å². The molecule has 7 heteroatoms. The summed E-state index contributed by atoms with van der Waals surface area (Å²) < 4.78 is 36.1. The summed E-state index contributed by atoms with van der Waals surface area (Å²) in [6.45, 7) is 0.799. The van der Waals surface area contributed by atoms with E-state index in [1.807, 2.05) is 0 Å². The zero-order valence-electron chi connectivity index (χ0n) is 11.5. The van der Waals surface area contributed by atoms with E-state index in [0.29, 0.717) is 24.7 Å². The fourth-order valence-electron chi connectivity index (χ4n) is 2.14. The Balaban J connectivity index is 2.06. The van der Waals surface area contributed by atoms with Crippen molar-refractivity contribution >= 4 is 15.7 Å². The van der Waals surface area contributed by atoms with Gasteiger partial charge in [-0.3, -0.25) is 4.79 Å². The highest BCUT2D eigenvalue weighted by Crippen LogP contribution is 2.34. The van der Waals surface area contributed by atoms with Crippen molar-refractivity contribution < 1.29 is 22.7 Å². The van der Waals surface area contributed by atoms with Crippen LogP contribution in [0, 0.1) is 0 Å². The quantitative estimate of drug-likeness (QED) is 0.922. The Bertz CT molecular complexity index is 845. The Morgan fingerprint density at radius 2 is 1.64 bits per heavy atom. The number of hydrogen-bond acceptors (Lipinski definition) is 5. The SMILES string of the molecule is NC(=O)c1cccc(S(=O)(=O)c2ccc3c(c2)OCCO3)c1. The number of nitrogens with two attached hydrogens (primary N) is 1. The zero-order valence-corrected chi connectivity index (χ0v) is 12.3. The molecule has 0 aliphatic carbocycles. The van der Waals surface area contributed by atoms with E-state index in [1.54, 1.807) is 6.07 Å². The standard InChI is InChI=1S/C15H13NO5S/c16-15(17)10-2-1-3-11(8-10)22(18,19)12-4-5-13-14(9-12)21-7-6-20-13/h1-5,8-9H,6-7H2,(H2,16,17). The summed E-state index contributed by atoms with van der Waals surface area (Å²) in [5, 5.41) is 0. The summed E-state index contributed by atoms with van der Waals surface area (Å²) in [7, 11) is -3.77. The van der Waals surface area contributed by atoms with Crippen molar-refractivity contribution in [1.82, 2.24) is 0 Å². The topological polar surface area (TPSA) is 95.7 Å². The van der Waals surface area contributed by atoms with Gasteiger partial charge in [-0.25, -0.2) is 8.42 Å². The number of hydrogen-bond donors (Lipinski definition) is 1. The average Bonchev–Trinajstić information content (AvgIpc) is 2.54. The highest BCUT2D eigenvalue weighted by molar-refractivity contribution is 7.91. The fraction of sp³-hybridized carbons (Fsp3) is 0.133. The third-order valence-electron chi connectivity index (χ3n) is 3.25. The molecule has 22 heavy (non-hydrogen) atoms. The monoisotopic (exact) mass is 319 g/mol. The summed E-state index contributed by atoms with van der Waals surface area (Å²) in [6.07, 6.45) is 0. The summed E-state index contributed by atoms with van der Waals surface area (Å²) >= 11 is 0. The van der Waals surface area contributed by atoms with Gasteiger partial charge in [-0.2, -0.15) is 0 Å². The van der Waals surface area contributed by atoms with Gasteiger partial charge in [-0.15, -0.1) is 0 Å². The van der Waals surface area contributed by atoms with Crippen LogP contribution in [0.3, 0.4) is 0 Å². The molecule has 2 aromatic carbocycles. The molecule has 3 rings (SSSR count). The second-order valence-electron chi connectivity index (χ2n) is 4.70. The third kappa shape index (κ3) is 2.50. The van der Waals surface area contributed by atoms with Gasteiger partial charge >= 0.3 is 0 Å². The van der Waals surface area contributed by atoms with Crippen molar-refractivity contribution in [1.29, 1.82) is 0 Å². The molecule has 0 atom stereocenters. The molecule has 0 saturated carbocycles. The number of fused-ring (bicyclic) bond motifs is 1. The van der Waals surface area contributed by atoms with Crippen LogP contribution < -0.4 is 15.2 Å². The second kappa shape index (κ2) is 5.34. The highest BCUT2D eigenvalue weighted by Gasteiger charge is 2.22. The fourth-order valence-corrected chi connectivity index (χ4v) is 3.46. The Morgan fingerprint density at radius 1 is 0.955 bits per heavy atom. The lowest BCUT2D eigenvalue weighted by Gasteiger charge is -2.18. The molecule has 114 valence electrons. The van der Waals surface area contributed by atoms with E-state index >= 15 is 0 Å². The normalized spacial score (nSPS) is 13.6. The number of rotatable bonds is 3. The van der Waals surface area contributed by atoms with Gasteiger partial charge in [0.05, 0.1) is 9.79 Å². The number of benzene rings is 2. The lowest BCUT2D eigenvalue weighted by atomic mass is 10.2. The molecule has 0 saturated heterocycles. The van der Waals surface area contributed by atoms with Crippen molar-refractivity contribution in [3.8, 4) is 11.5 Å². The molecule has 1 amide bonds. The Labute approximate surface area is 127 Å². The van der Waals surface area contributed by atoms with Gasteiger partial charge in [0.1, 0.15) is 13.2 Å². The molecule has 6 nitrogen and oxygen atoms in total. The molecular weight excluding hydrogens is 306 g/mol. The summed E-state index contributed by atoms with van der Waals surface area (Å²) in [6, 6.07) is 10.0. The lowest BCUT2D eigenvalue weighted by Crippen LogP contribution is -2.16. The van der Waals surface area contributed by atoms with Crippen LogP contribution in [0.1, 0.15) is 10.4 Å². The number of carbonyl (C=O) groups excluding carboxylic acids is 1. The van der Waals surface area contributed by atoms with Crippen molar-refractivity contribution in [3.63, 3.8) is 0 Å². The van der Waals surface area contributed by atoms with Gasteiger partial charge in [-0.05, 0) is 30.3 Å². The van der Waals surface area contributed by atoms with E-state index in [0.717, 1.165) is 0 Å². The van der Waals surface area contributed by atoms with Crippen LogP contribution in [0.4, 0.5) is 0 Å². The highest BCUT2D eigenvalue weighted by atomic mass is 32.2. The molecule has 0 unspecified atom stereocenters. The maximum atomic E-state index is 12.6. The molecular formula is C15H13NO5S. The minimum atomic E-state index is -3.77. The third-order valence-corrected chi connectivity index (χ3v) is 5.00. The van der Waals surface area contributed by atoms with Crippen LogP contribution >= 0.6 is 0 Å².